The van der Waals surface area contributed by atoms with Crippen LogP contribution in [-0.4, -0.2) is 18.6 Å². The maximum atomic E-state index is 3.82. The highest BCUT2D eigenvalue weighted by molar-refractivity contribution is 5.55. The summed E-state index contributed by atoms with van der Waals surface area (Å²) in [4.78, 5) is 2.74. The highest BCUT2D eigenvalue weighted by atomic mass is 15.2. The molecule has 1 saturated carbocycles. The second-order valence-corrected chi connectivity index (χ2v) is 6.95. The van der Waals surface area contributed by atoms with Gasteiger partial charge in [0.2, 0.25) is 0 Å². The van der Waals surface area contributed by atoms with E-state index < -0.39 is 0 Å². The van der Waals surface area contributed by atoms with Gasteiger partial charge in [-0.05, 0) is 30.4 Å². The fourth-order valence-corrected chi connectivity index (χ4v) is 3.96. The van der Waals surface area contributed by atoms with Gasteiger partial charge in [-0.3, -0.25) is 0 Å². The summed E-state index contributed by atoms with van der Waals surface area (Å²) in [6, 6.07) is 10.4. The van der Waals surface area contributed by atoms with E-state index in [2.05, 4.69) is 48.3 Å². The second-order valence-electron chi connectivity index (χ2n) is 6.95. The van der Waals surface area contributed by atoms with Crippen LogP contribution in [0.5, 0.6) is 0 Å². The van der Waals surface area contributed by atoms with E-state index in [0.29, 0.717) is 6.04 Å². The van der Waals surface area contributed by atoms with Gasteiger partial charge in [0.1, 0.15) is 0 Å². The summed E-state index contributed by atoms with van der Waals surface area (Å²) in [5.41, 5.74) is 2.97. The lowest BCUT2D eigenvalue weighted by atomic mass is 9.92. The summed E-state index contributed by atoms with van der Waals surface area (Å²) in [5, 5.41) is 3.82. The molecule has 21 heavy (non-hydrogen) atoms. The van der Waals surface area contributed by atoms with Gasteiger partial charge in [0.15, 0.2) is 0 Å². The van der Waals surface area contributed by atoms with Gasteiger partial charge >= 0.3 is 0 Å². The predicted octanol–water partition coefficient (Wildman–Crippen LogP) is 4.34. The zero-order valence-electron chi connectivity index (χ0n) is 13.6. The van der Waals surface area contributed by atoms with E-state index in [-0.39, 0.29) is 0 Å². The van der Waals surface area contributed by atoms with Gasteiger partial charge in [-0.25, -0.2) is 0 Å². The molecule has 0 aromatic heterocycles. The number of para-hydroxylation sites is 1. The van der Waals surface area contributed by atoms with Crippen LogP contribution in [0.4, 0.5) is 5.69 Å². The highest BCUT2D eigenvalue weighted by Crippen LogP contribution is 2.32. The first-order valence-electron chi connectivity index (χ1n) is 8.87. The highest BCUT2D eigenvalue weighted by Gasteiger charge is 2.29. The Morgan fingerprint density at radius 3 is 2.71 bits per heavy atom. The van der Waals surface area contributed by atoms with E-state index in [9.17, 15) is 0 Å². The molecule has 0 radical (unpaired) electrons. The lowest BCUT2D eigenvalue weighted by Crippen LogP contribution is -2.46. The van der Waals surface area contributed by atoms with Crippen LogP contribution < -0.4 is 10.2 Å². The Morgan fingerprint density at radius 2 is 1.95 bits per heavy atom. The van der Waals surface area contributed by atoms with Crippen LogP contribution in [0.15, 0.2) is 24.3 Å². The molecule has 1 N–H and O–H groups in total. The van der Waals surface area contributed by atoms with E-state index in [1.165, 1.54) is 56.3 Å². The average molecular weight is 286 g/mol. The quantitative estimate of drug-likeness (QED) is 0.889. The molecule has 1 aromatic rings. The smallest absolute Gasteiger partial charge is 0.0414 e. The largest absolute Gasteiger partial charge is 0.367 e. The monoisotopic (exact) mass is 286 g/mol. The van der Waals surface area contributed by atoms with Crippen LogP contribution in [0.25, 0.3) is 0 Å². The molecule has 1 aliphatic heterocycles. The third kappa shape index (κ3) is 3.26. The Balaban J connectivity index is 1.87. The predicted molar refractivity (Wildman–Crippen MR) is 90.7 cm³/mol. The van der Waals surface area contributed by atoms with Gasteiger partial charge in [-0.2, -0.15) is 0 Å². The van der Waals surface area contributed by atoms with Crippen molar-refractivity contribution >= 4 is 5.69 Å². The van der Waals surface area contributed by atoms with Crippen LogP contribution in [0.3, 0.4) is 0 Å². The second kappa shape index (κ2) is 6.83. The van der Waals surface area contributed by atoms with Crippen molar-refractivity contribution in [3.8, 4) is 0 Å². The van der Waals surface area contributed by atoms with E-state index in [1.807, 2.05) is 0 Å². The van der Waals surface area contributed by atoms with Crippen LogP contribution in [0, 0.1) is 5.92 Å². The summed E-state index contributed by atoms with van der Waals surface area (Å²) in [7, 11) is 0. The molecule has 2 nitrogen and oxygen atoms in total. The Bertz CT molecular complexity index is 451. The topological polar surface area (TPSA) is 15.3 Å². The molecular formula is C19H30N2. The molecule has 0 saturated heterocycles. The fourth-order valence-electron chi connectivity index (χ4n) is 3.96. The summed E-state index contributed by atoms with van der Waals surface area (Å²) in [6.07, 6.45) is 8.25. The van der Waals surface area contributed by atoms with E-state index in [0.717, 1.165) is 18.5 Å². The third-order valence-corrected chi connectivity index (χ3v) is 5.60. The Kier molecular flexibility index (Phi) is 4.84. The normalized spacial score (nSPS) is 25.2. The average Bonchev–Trinajstić information content (AvgIpc) is 2.75. The molecule has 2 atom stereocenters. The molecule has 2 unspecified atom stereocenters. The van der Waals surface area contributed by atoms with Crippen LogP contribution >= 0.6 is 0 Å². The molecule has 0 bridgehead atoms. The summed E-state index contributed by atoms with van der Waals surface area (Å²) in [6.45, 7) is 6.91. The van der Waals surface area contributed by atoms with Gasteiger partial charge in [0, 0.05) is 30.9 Å². The van der Waals surface area contributed by atoms with Crippen molar-refractivity contribution in [2.45, 2.75) is 71.0 Å². The number of rotatable bonds is 3. The number of anilines is 1. The van der Waals surface area contributed by atoms with Gasteiger partial charge in [0.05, 0.1) is 0 Å². The lowest BCUT2D eigenvalue weighted by molar-refractivity contribution is 0.344. The number of nitrogens with one attached hydrogen (secondary N) is 1. The van der Waals surface area contributed by atoms with Gasteiger partial charge in [-0.15, -0.1) is 0 Å². The molecule has 116 valence electrons. The number of fused-ring (bicyclic) bond motifs is 1. The van der Waals surface area contributed by atoms with Crippen LogP contribution in [0.1, 0.15) is 57.9 Å². The van der Waals surface area contributed by atoms with E-state index in [1.54, 1.807) is 0 Å². The fraction of sp³-hybridized carbons (Fsp3) is 0.684. The van der Waals surface area contributed by atoms with Crippen molar-refractivity contribution in [1.82, 2.24) is 5.32 Å². The first kappa shape index (κ1) is 14.9. The minimum absolute atomic E-state index is 0.615. The number of hydrogen-bond donors (Lipinski definition) is 1. The molecule has 3 rings (SSSR count). The maximum Gasteiger partial charge on any atom is 0.0414 e. The Hall–Kier alpha value is -1.02. The van der Waals surface area contributed by atoms with Gasteiger partial charge in [0.25, 0.3) is 0 Å². The molecule has 2 aliphatic rings. The molecule has 2 heteroatoms. The molecule has 1 heterocycles. The molecule has 0 amide bonds. The molecule has 1 fully saturated rings. The molecule has 0 spiro atoms. The van der Waals surface area contributed by atoms with E-state index in [4.69, 9.17) is 0 Å². The Morgan fingerprint density at radius 1 is 1.19 bits per heavy atom. The zero-order chi connectivity index (χ0) is 14.7. The standard InChI is InChI=1S/C19H30N2/c1-3-15(2)18-14-21(17-10-5-4-6-11-17)19-12-8-7-9-16(19)13-20-18/h7-9,12,15,17-18,20H,3-6,10-11,13-14H2,1-2H3. The zero-order valence-corrected chi connectivity index (χ0v) is 13.6. The first-order valence-corrected chi connectivity index (χ1v) is 8.87. The van der Waals surface area contributed by atoms with Crippen molar-refractivity contribution in [2.24, 2.45) is 5.92 Å². The SMILES string of the molecule is CCC(C)C1CN(C2CCCCC2)c2ccccc2CN1. The van der Waals surface area contributed by atoms with E-state index >= 15 is 0 Å². The van der Waals surface area contributed by atoms with Crippen molar-refractivity contribution in [3.05, 3.63) is 29.8 Å². The summed E-state index contributed by atoms with van der Waals surface area (Å²) < 4.78 is 0. The summed E-state index contributed by atoms with van der Waals surface area (Å²) in [5.74, 6) is 0.741. The summed E-state index contributed by atoms with van der Waals surface area (Å²) >= 11 is 0. The van der Waals surface area contributed by atoms with Gasteiger partial charge < -0.3 is 10.2 Å². The third-order valence-electron chi connectivity index (χ3n) is 5.60. The van der Waals surface area contributed by atoms with Crippen molar-refractivity contribution in [1.29, 1.82) is 0 Å². The number of hydrogen-bond acceptors (Lipinski definition) is 2. The van der Waals surface area contributed by atoms with Crippen molar-refractivity contribution < 1.29 is 0 Å². The lowest BCUT2D eigenvalue weighted by Gasteiger charge is -2.38. The van der Waals surface area contributed by atoms with Crippen LogP contribution in [-0.2, 0) is 6.54 Å². The van der Waals surface area contributed by atoms with Crippen molar-refractivity contribution in [3.63, 3.8) is 0 Å². The number of benzene rings is 1. The minimum atomic E-state index is 0.615. The van der Waals surface area contributed by atoms with Crippen LogP contribution in [0.2, 0.25) is 0 Å². The van der Waals surface area contributed by atoms with Crippen molar-refractivity contribution in [2.75, 3.05) is 11.4 Å². The Labute approximate surface area is 129 Å². The maximum absolute atomic E-state index is 3.82. The van der Waals surface area contributed by atoms with Gasteiger partial charge in [-0.1, -0.05) is 57.7 Å². The minimum Gasteiger partial charge on any atom is -0.367 e. The number of nitrogens with zero attached hydrogens (tertiary/aromatic N) is 1. The first-order chi connectivity index (χ1) is 10.3. The molecule has 1 aliphatic carbocycles. The molecule has 1 aromatic carbocycles. The molecular weight excluding hydrogens is 256 g/mol.